The van der Waals surface area contributed by atoms with E-state index in [1.807, 2.05) is 12.1 Å². The van der Waals surface area contributed by atoms with E-state index in [1.165, 1.54) is 11.1 Å². The van der Waals surface area contributed by atoms with E-state index in [0.717, 1.165) is 25.5 Å². The van der Waals surface area contributed by atoms with Crippen LogP contribution < -0.4 is 5.73 Å². The molecule has 3 rings (SSSR count). The van der Waals surface area contributed by atoms with Gasteiger partial charge in [-0.2, -0.15) is 0 Å². The SMILES string of the molecule is Cc1ccc(-c2c(-c3cc(C)c(Br)s3)noc2N)cc1. The molecule has 2 heterocycles. The minimum absolute atomic E-state index is 0.353. The van der Waals surface area contributed by atoms with Gasteiger partial charge in [0.25, 0.3) is 0 Å². The number of rotatable bonds is 2. The molecule has 5 heteroatoms. The van der Waals surface area contributed by atoms with E-state index >= 15 is 0 Å². The summed E-state index contributed by atoms with van der Waals surface area (Å²) in [6, 6.07) is 10.3. The third-order valence-corrected chi connectivity index (χ3v) is 5.29. The first-order valence-electron chi connectivity index (χ1n) is 6.14. The third-order valence-electron chi connectivity index (χ3n) is 3.15. The molecular weight excluding hydrogens is 336 g/mol. The Morgan fingerprint density at radius 3 is 2.50 bits per heavy atom. The van der Waals surface area contributed by atoms with Gasteiger partial charge in [-0.05, 0) is 47.0 Å². The molecule has 20 heavy (non-hydrogen) atoms. The molecule has 0 aliphatic rings. The predicted octanol–water partition coefficient (Wildman–Crippen LogP) is 5.03. The lowest BCUT2D eigenvalue weighted by Crippen LogP contribution is -1.87. The quantitative estimate of drug-likeness (QED) is 0.706. The zero-order valence-electron chi connectivity index (χ0n) is 11.1. The molecule has 0 spiro atoms. The van der Waals surface area contributed by atoms with E-state index in [9.17, 15) is 0 Å². The Labute approximate surface area is 129 Å². The summed E-state index contributed by atoms with van der Waals surface area (Å²) in [5.74, 6) is 0.353. The highest BCUT2D eigenvalue weighted by atomic mass is 79.9. The number of anilines is 1. The molecular formula is C15H13BrN2OS. The first-order chi connectivity index (χ1) is 9.56. The molecule has 2 aromatic heterocycles. The van der Waals surface area contributed by atoms with Gasteiger partial charge in [-0.15, -0.1) is 11.3 Å². The average molecular weight is 349 g/mol. The van der Waals surface area contributed by atoms with Crippen molar-refractivity contribution in [3.63, 3.8) is 0 Å². The van der Waals surface area contributed by atoms with Crippen LogP contribution in [0.1, 0.15) is 11.1 Å². The lowest BCUT2D eigenvalue weighted by molar-refractivity contribution is 0.439. The summed E-state index contributed by atoms with van der Waals surface area (Å²) >= 11 is 5.17. The molecule has 0 aliphatic carbocycles. The van der Waals surface area contributed by atoms with Crippen LogP contribution >= 0.6 is 27.3 Å². The molecule has 0 amide bonds. The molecule has 0 aliphatic heterocycles. The van der Waals surface area contributed by atoms with Crippen LogP contribution in [0, 0.1) is 13.8 Å². The first kappa shape index (κ1) is 13.4. The topological polar surface area (TPSA) is 52.0 Å². The number of nitrogens with zero attached hydrogens (tertiary/aromatic N) is 1. The van der Waals surface area contributed by atoms with Crippen molar-refractivity contribution in [2.75, 3.05) is 5.73 Å². The Morgan fingerprint density at radius 2 is 1.90 bits per heavy atom. The van der Waals surface area contributed by atoms with Gasteiger partial charge in [0, 0.05) is 0 Å². The summed E-state index contributed by atoms with van der Waals surface area (Å²) in [4.78, 5) is 1.05. The number of benzene rings is 1. The van der Waals surface area contributed by atoms with E-state index in [-0.39, 0.29) is 0 Å². The Morgan fingerprint density at radius 1 is 1.20 bits per heavy atom. The Balaban J connectivity index is 2.16. The van der Waals surface area contributed by atoms with Crippen molar-refractivity contribution in [1.29, 1.82) is 0 Å². The first-order valence-corrected chi connectivity index (χ1v) is 7.75. The van der Waals surface area contributed by atoms with Crippen molar-refractivity contribution in [1.82, 2.24) is 5.16 Å². The molecule has 0 atom stereocenters. The molecule has 0 bridgehead atoms. The number of nitrogens with two attached hydrogens (primary N) is 1. The average Bonchev–Trinajstić information content (AvgIpc) is 2.95. The second-order valence-electron chi connectivity index (χ2n) is 4.70. The zero-order chi connectivity index (χ0) is 14.3. The smallest absolute Gasteiger partial charge is 0.230 e. The van der Waals surface area contributed by atoms with Crippen molar-refractivity contribution in [2.45, 2.75) is 13.8 Å². The van der Waals surface area contributed by atoms with Crippen molar-refractivity contribution < 1.29 is 4.52 Å². The summed E-state index contributed by atoms with van der Waals surface area (Å²) in [6.45, 7) is 4.11. The summed E-state index contributed by atoms with van der Waals surface area (Å²) < 4.78 is 6.30. The zero-order valence-corrected chi connectivity index (χ0v) is 13.5. The van der Waals surface area contributed by atoms with Crippen LogP contribution in [0.4, 0.5) is 5.88 Å². The second-order valence-corrected chi connectivity index (χ2v) is 7.07. The number of hydrogen-bond acceptors (Lipinski definition) is 4. The van der Waals surface area contributed by atoms with Crippen LogP contribution in [0.3, 0.4) is 0 Å². The van der Waals surface area contributed by atoms with Gasteiger partial charge in [0.15, 0.2) is 0 Å². The van der Waals surface area contributed by atoms with Crippen molar-refractivity contribution in [2.24, 2.45) is 0 Å². The van der Waals surface area contributed by atoms with Gasteiger partial charge in [0.05, 0.1) is 14.2 Å². The fourth-order valence-electron chi connectivity index (χ4n) is 2.05. The Bertz CT molecular complexity index is 739. The lowest BCUT2D eigenvalue weighted by Gasteiger charge is -2.01. The van der Waals surface area contributed by atoms with Gasteiger partial charge in [0.2, 0.25) is 5.88 Å². The van der Waals surface area contributed by atoms with E-state index < -0.39 is 0 Å². The molecule has 0 saturated carbocycles. The Kier molecular flexibility index (Phi) is 3.40. The minimum atomic E-state index is 0.353. The van der Waals surface area contributed by atoms with E-state index in [1.54, 1.807) is 11.3 Å². The lowest BCUT2D eigenvalue weighted by atomic mass is 10.0. The molecule has 3 nitrogen and oxygen atoms in total. The highest BCUT2D eigenvalue weighted by Gasteiger charge is 2.19. The Hall–Kier alpha value is -1.59. The van der Waals surface area contributed by atoms with Crippen LogP contribution in [0.15, 0.2) is 38.6 Å². The number of aryl methyl sites for hydroxylation is 2. The maximum atomic E-state index is 5.96. The van der Waals surface area contributed by atoms with Crippen LogP contribution in [0.5, 0.6) is 0 Å². The number of thiophene rings is 1. The van der Waals surface area contributed by atoms with Crippen LogP contribution in [0.2, 0.25) is 0 Å². The normalized spacial score (nSPS) is 10.9. The highest BCUT2D eigenvalue weighted by Crippen LogP contribution is 2.41. The largest absolute Gasteiger partial charge is 0.367 e. The number of halogens is 1. The summed E-state index contributed by atoms with van der Waals surface area (Å²) in [5, 5.41) is 4.13. The van der Waals surface area contributed by atoms with Crippen molar-refractivity contribution >= 4 is 33.2 Å². The minimum Gasteiger partial charge on any atom is -0.367 e. The number of nitrogen functional groups attached to an aromatic ring is 1. The van der Waals surface area contributed by atoms with Gasteiger partial charge >= 0.3 is 0 Å². The fraction of sp³-hybridized carbons (Fsp3) is 0.133. The molecule has 0 fully saturated rings. The molecule has 1 aromatic carbocycles. The summed E-state index contributed by atoms with van der Waals surface area (Å²) in [7, 11) is 0. The fourth-order valence-corrected chi connectivity index (χ4v) is 3.57. The maximum absolute atomic E-state index is 5.96. The molecule has 102 valence electrons. The van der Waals surface area contributed by atoms with Crippen LogP contribution in [-0.2, 0) is 0 Å². The highest BCUT2D eigenvalue weighted by molar-refractivity contribution is 9.11. The molecule has 0 radical (unpaired) electrons. The predicted molar refractivity (Wildman–Crippen MR) is 86.8 cm³/mol. The maximum Gasteiger partial charge on any atom is 0.230 e. The summed E-state index contributed by atoms with van der Waals surface area (Å²) in [6.07, 6.45) is 0. The van der Waals surface area contributed by atoms with Crippen molar-refractivity contribution in [3.8, 4) is 21.7 Å². The molecule has 0 unspecified atom stereocenters. The van der Waals surface area contributed by atoms with Gasteiger partial charge in [0.1, 0.15) is 5.69 Å². The van der Waals surface area contributed by atoms with Gasteiger partial charge in [-0.25, -0.2) is 0 Å². The van der Waals surface area contributed by atoms with E-state index in [0.29, 0.717) is 5.88 Å². The molecule has 3 aromatic rings. The van der Waals surface area contributed by atoms with Gasteiger partial charge in [-0.3, -0.25) is 0 Å². The second kappa shape index (κ2) is 5.07. The standard InChI is InChI=1S/C15H13BrN2OS/c1-8-3-5-10(6-4-8)12-13(18-19-15(12)17)11-7-9(2)14(16)20-11/h3-7H,17H2,1-2H3. The van der Waals surface area contributed by atoms with Gasteiger partial charge in [-0.1, -0.05) is 35.0 Å². The number of aromatic nitrogens is 1. The van der Waals surface area contributed by atoms with Crippen molar-refractivity contribution in [3.05, 3.63) is 45.2 Å². The van der Waals surface area contributed by atoms with E-state index in [2.05, 4.69) is 53.1 Å². The summed E-state index contributed by atoms with van der Waals surface area (Å²) in [5.41, 5.74) is 11.0. The molecule has 0 saturated heterocycles. The third kappa shape index (κ3) is 2.27. The van der Waals surface area contributed by atoms with Crippen LogP contribution in [-0.4, -0.2) is 5.16 Å². The van der Waals surface area contributed by atoms with Gasteiger partial charge < -0.3 is 10.3 Å². The van der Waals surface area contributed by atoms with Crippen LogP contribution in [0.25, 0.3) is 21.7 Å². The monoisotopic (exact) mass is 348 g/mol. The molecule has 2 N–H and O–H groups in total. The number of hydrogen-bond donors (Lipinski definition) is 1. The van der Waals surface area contributed by atoms with E-state index in [4.69, 9.17) is 10.3 Å².